The maximum atomic E-state index is 2.53. The van der Waals surface area contributed by atoms with Crippen molar-refractivity contribution in [3.63, 3.8) is 0 Å². The molecule has 6 rings (SSSR count). The van der Waals surface area contributed by atoms with Gasteiger partial charge in [0.2, 0.25) is 0 Å². The van der Waals surface area contributed by atoms with E-state index in [2.05, 4.69) is 210 Å². The van der Waals surface area contributed by atoms with Gasteiger partial charge >= 0.3 is 0 Å². The van der Waals surface area contributed by atoms with Gasteiger partial charge in [-0.25, -0.2) is 0 Å². The van der Waals surface area contributed by atoms with Gasteiger partial charge in [0.05, 0.1) is 12.3 Å². The summed E-state index contributed by atoms with van der Waals surface area (Å²) < 4.78 is 0. The van der Waals surface area contributed by atoms with Crippen molar-refractivity contribution in [1.82, 2.24) is 0 Å². The fourth-order valence-corrected chi connectivity index (χ4v) is 17.5. The van der Waals surface area contributed by atoms with Gasteiger partial charge in [0.25, 0.3) is 0 Å². The van der Waals surface area contributed by atoms with E-state index in [4.69, 9.17) is 0 Å². The van der Waals surface area contributed by atoms with Crippen LogP contribution >= 0.6 is 14.5 Å². The lowest BCUT2D eigenvalue weighted by Crippen LogP contribution is -2.35. The van der Waals surface area contributed by atoms with Gasteiger partial charge in [-0.05, 0) is 109 Å². The minimum absolute atomic E-state index is 0.192. The first kappa shape index (κ1) is 36.0. The van der Waals surface area contributed by atoms with E-state index in [0.717, 1.165) is 0 Å². The van der Waals surface area contributed by atoms with Crippen molar-refractivity contribution >= 4 is 46.4 Å². The smallest absolute Gasteiger partial charge is 0.0620 e. The van der Waals surface area contributed by atoms with Gasteiger partial charge in [0, 0.05) is 0 Å². The highest BCUT2D eigenvalue weighted by atomic mass is 31.2. The zero-order valence-corrected chi connectivity index (χ0v) is 32.2. The van der Waals surface area contributed by atoms with Crippen LogP contribution in [0.4, 0.5) is 0 Å². The molecule has 0 amide bonds. The molecule has 0 unspecified atom stereocenters. The Morgan fingerprint density at radius 2 is 0.560 bits per heavy atom. The van der Waals surface area contributed by atoms with Crippen LogP contribution in [0.15, 0.2) is 182 Å². The molecular weight excluding hydrogens is 638 g/mol. The summed E-state index contributed by atoms with van der Waals surface area (Å²) >= 11 is 0. The monoisotopic (exact) mass is 692 g/mol. The second-order valence-corrected chi connectivity index (χ2v) is 22.7. The van der Waals surface area contributed by atoms with E-state index < -0.39 is 14.5 Å². The lowest BCUT2D eigenvalue weighted by Gasteiger charge is -2.37. The van der Waals surface area contributed by atoms with E-state index in [9.17, 15) is 0 Å². The van der Waals surface area contributed by atoms with Crippen molar-refractivity contribution in [3.05, 3.63) is 182 Å². The van der Waals surface area contributed by atoms with Crippen LogP contribution in [0.2, 0.25) is 0 Å². The zero-order valence-electron chi connectivity index (χ0n) is 30.5. The second-order valence-electron chi connectivity index (χ2n) is 15.4. The molecule has 0 saturated heterocycles. The first-order valence-corrected chi connectivity index (χ1v) is 22.3. The van der Waals surface area contributed by atoms with E-state index in [0.29, 0.717) is 0 Å². The predicted octanol–water partition coefficient (Wildman–Crippen LogP) is 10.6. The Morgan fingerprint density at radius 1 is 0.320 bits per heavy atom. The van der Waals surface area contributed by atoms with Crippen molar-refractivity contribution in [2.24, 2.45) is 10.8 Å². The summed E-state index contributed by atoms with van der Waals surface area (Å²) in [5.74, 6) is 0. The topological polar surface area (TPSA) is 0 Å². The summed E-state index contributed by atoms with van der Waals surface area (Å²) in [6.07, 6.45) is 7.13. The van der Waals surface area contributed by atoms with Crippen LogP contribution in [0, 0.1) is 10.8 Å². The fourth-order valence-electron chi connectivity index (χ4n) is 8.50. The summed E-state index contributed by atoms with van der Waals surface area (Å²) in [5, 5.41) is 8.90. The standard InChI is InChI=1S/C48H54P2/c1-47(2,36-23-38-49(41-24-11-5-12-25-41,42-26-13-6-14-27-42)43-28-15-7-16-29-43)40-48(3,4)37-39-50(44-30-17-8-18-31-44,45-32-19-9-20-33-45)46-34-21-10-22-35-46/h5-22,24-35H,23,36-40H2,1-4H3/q+2. The van der Waals surface area contributed by atoms with Crippen molar-refractivity contribution in [1.29, 1.82) is 0 Å². The maximum Gasteiger partial charge on any atom is 0.112 e. The summed E-state index contributed by atoms with van der Waals surface area (Å²) in [4.78, 5) is 0. The molecule has 254 valence electrons. The molecule has 0 aliphatic rings. The van der Waals surface area contributed by atoms with Crippen LogP contribution in [-0.2, 0) is 0 Å². The summed E-state index contributed by atoms with van der Waals surface area (Å²) in [6.45, 7) is 10.1. The van der Waals surface area contributed by atoms with E-state index >= 15 is 0 Å². The number of hydrogen-bond acceptors (Lipinski definition) is 0. The van der Waals surface area contributed by atoms with Crippen molar-refractivity contribution in [2.75, 3.05) is 12.3 Å². The van der Waals surface area contributed by atoms with Crippen LogP contribution in [0.3, 0.4) is 0 Å². The molecule has 0 spiro atoms. The number of benzene rings is 6. The molecule has 0 aliphatic heterocycles. The van der Waals surface area contributed by atoms with E-state index in [-0.39, 0.29) is 10.8 Å². The number of rotatable bonds is 15. The van der Waals surface area contributed by atoms with Gasteiger partial charge in [-0.15, -0.1) is 0 Å². The van der Waals surface area contributed by atoms with Crippen LogP contribution in [0.1, 0.15) is 53.4 Å². The Bertz CT molecular complexity index is 1670. The third-order valence-corrected chi connectivity index (χ3v) is 19.6. The first-order chi connectivity index (χ1) is 24.3. The van der Waals surface area contributed by atoms with Crippen molar-refractivity contribution < 1.29 is 0 Å². The van der Waals surface area contributed by atoms with Gasteiger partial charge in [-0.3, -0.25) is 0 Å². The van der Waals surface area contributed by atoms with E-state index in [1.54, 1.807) is 0 Å². The van der Waals surface area contributed by atoms with Gasteiger partial charge in [0.15, 0.2) is 0 Å². The highest BCUT2D eigenvalue weighted by molar-refractivity contribution is 7.96. The zero-order chi connectivity index (χ0) is 34.9. The van der Waals surface area contributed by atoms with Gasteiger partial charge in [0.1, 0.15) is 46.4 Å². The summed E-state index contributed by atoms with van der Waals surface area (Å²) in [7, 11) is -3.68. The molecule has 0 nitrogen and oxygen atoms in total. The molecule has 50 heavy (non-hydrogen) atoms. The summed E-state index contributed by atoms with van der Waals surface area (Å²) in [6, 6.07) is 68.2. The fraction of sp³-hybridized carbons (Fsp3) is 0.250. The highest BCUT2D eigenvalue weighted by Gasteiger charge is 2.47. The van der Waals surface area contributed by atoms with Gasteiger partial charge in [-0.2, -0.15) is 0 Å². The lowest BCUT2D eigenvalue weighted by molar-refractivity contribution is 0.177. The molecule has 0 fully saturated rings. The highest BCUT2D eigenvalue weighted by Crippen LogP contribution is 2.59. The molecule has 2 heteroatoms. The lowest BCUT2D eigenvalue weighted by atomic mass is 9.72. The molecule has 0 heterocycles. The molecule has 0 saturated carbocycles. The Morgan fingerprint density at radius 3 is 0.840 bits per heavy atom. The SMILES string of the molecule is CC(C)(CCC[P+](c1ccccc1)(c1ccccc1)c1ccccc1)CC(C)(C)CC[P+](c1ccccc1)(c1ccccc1)c1ccccc1. The van der Waals surface area contributed by atoms with Gasteiger partial charge in [-0.1, -0.05) is 137 Å². The molecule has 6 aromatic rings. The average molecular weight is 693 g/mol. The Balaban J connectivity index is 1.25. The minimum atomic E-state index is -1.86. The van der Waals surface area contributed by atoms with Crippen molar-refractivity contribution in [2.45, 2.75) is 53.4 Å². The third-order valence-electron chi connectivity index (χ3n) is 10.6. The Hall–Kier alpha value is -3.82. The molecule has 0 bridgehead atoms. The second kappa shape index (κ2) is 16.0. The molecule has 0 radical (unpaired) electrons. The third kappa shape index (κ3) is 8.05. The van der Waals surface area contributed by atoms with Crippen LogP contribution in [0.25, 0.3) is 0 Å². The van der Waals surface area contributed by atoms with Crippen LogP contribution in [-0.4, -0.2) is 12.3 Å². The molecule has 6 aromatic carbocycles. The average Bonchev–Trinajstić information content (AvgIpc) is 3.16. The summed E-state index contributed by atoms with van der Waals surface area (Å²) in [5.41, 5.74) is 0.411. The van der Waals surface area contributed by atoms with E-state index in [1.807, 2.05) is 0 Å². The first-order valence-electron chi connectivity index (χ1n) is 18.4. The maximum absolute atomic E-state index is 2.53. The molecule has 0 atom stereocenters. The molecule has 0 aromatic heterocycles. The Labute approximate surface area is 303 Å². The molecule has 0 N–H and O–H groups in total. The van der Waals surface area contributed by atoms with E-state index in [1.165, 1.54) is 69.8 Å². The normalized spacial score (nSPS) is 12.5. The Kier molecular flexibility index (Phi) is 11.5. The molecular formula is C48H54P2+2. The quantitative estimate of drug-likeness (QED) is 0.0940. The van der Waals surface area contributed by atoms with Gasteiger partial charge < -0.3 is 0 Å². The minimum Gasteiger partial charge on any atom is -0.0620 e. The largest absolute Gasteiger partial charge is 0.112 e. The molecule has 0 aliphatic carbocycles. The predicted molar refractivity (Wildman–Crippen MR) is 226 cm³/mol. The van der Waals surface area contributed by atoms with Crippen LogP contribution in [0.5, 0.6) is 0 Å². The van der Waals surface area contributed by atoms with Crippen molar-refractivity contribution in [3.8, 4) is 0 Å². The number of hydrogen-bond donors (Lipinski definition) is 0. The van der Waals surface area contributed by atoms with Crippen LogP contribution < -0.4 is 31.8 Å².